The first-order valence-corrected chi connectivity index (χ1v) is 11.4. The van der Waals surface area contributed by atoms with Gasteiger partial charge < -0.3 is 5.32 Å². The van der Waals surface area contributed by atoms with Crippen LogP contribution in [-0.4, -0.2) is 29.5 Å². The van der Waals surface area contributed by atoms with Crippen molar-refractivity contribution in [2.24, 2.45) is 5.10 Å². The molecule has 0 atom stereocenters. The summed E-state index contributed by atoms with van der Waals surface area (Å²) in [6, 6.07) is 5.90. The fourth-order valence-electron chi connectivity index (χ4n) is 3.15. The summed E-state index contributed by atoms with van der Waals surface area (Å²) in [6.07, 6.45) is 15.2. The summed E-state index contributed by atoms with van der Waals surface area (Å²) in [4.78, 5) is 33.8. The molecular formula is C23H36N4O4. The number of nitro groups is 1. The highest BCUT2D eigenvalue weighted by molar-refractivity contribution is 5.86. The maximum absolute atomic E-state index is 11.8. The summed E-state index contributed by atoms with van der Waals surface area (Å²) < 4.78 is 0. The topological polar surface area (TPSA) is 114 Å². The van der Waals surface area contributed by atoms with Gasteiger partial charge in [-0.25, -0.2) is 5.43 Å². The van der Waals surface area contributed by atoms with Crippen molar-refractivity contribution in [1.29, 1.82) is 0 Å². The van der Waals surface area contributed by atoms with E-state index in [0.717, 1.165) is 19.3 Å². The van der Waals surface area contributed by atoms with Gasteiger partial charge >= 0.3 is 0 Å². The standard InChI is InChI=1S/C23H36N4O4/c1-2-3-4-5-6-7-8-9-10-11-12-16-22(28)24-19-23(29)26-25-18-20-14-13-15-21(17-20)27(30)31/h13-15,17-18H,2-12,16,19H2,1H3,(H,24,28)(H,26,29). The fourth-order valence-corrected chi connectivity index (χ4v) is 3.15. The van der Waals surface area contributed by atoms with E-state index in [4.69, 9.17) is 0 Å². The van der Waals surface area contributed by atoms with Crippen LogP contribution in [0.15, 0.2) is 29.4 Å². The SMILES string of the molecule is CCCCCCCCCCCCCC(=O)NCC(=O)NN=Cc1cccc([N+](=O)[O-])c1. The van der Waals surface area contributed by atoms with Crippen LogP contribution in [0, 0.1) is 10.1 Å². The molecule has 0 radical (unpaired) electrons. The van der Waals surface area contributed by atoms with E-state index in [1.807, 2.05) is 0 Å². The number of carbonyl (C=O) groups is 2. The number of carbonyl (C=O) groups excluding carboxylic acids is 2. The highest BCUT2D eigenvalue weighted by Crippen LogP contribution is 2.12. The van der Waals surface area contributed by atoms with E-state index in [0.29, 0.717) is 12.0 Å². The van der Waals surface area contributed by atoms with Gasteiger partial charge in [0.15, 0.2) is 0 Å². The van der Waals surface area contributed by atoms with Crippen LogP contribution in [-0.2, 0) is 9.59 Å². The maximum Gasteiger partial charge on any atom is 0.270 e. The molecule has 0 aliphatic heterocycles. The number of hydrogen-bond donors (Lipinski definition) is 2. The quantitative estimate of drug-likeness (QED) is 0.158. The van der Waals surface area contributed by atoms with Crippen molar-refractivity contribution in [3.63, 3.8) is 0 Å². The van der Waals surface area contributed by atoms with Crippen LogP contribution in [0.25, 0.3) is 0 Å². The van der Waals surface area contributed by atoms with Crippen molar-refractivity contribution in [2.75, 3.05) is 6.54 Å². The molecule has 0 fully saturated rings. The van der Waals surface area contributed by atoms with Crippen LogP contribution in [0.5, 0.6) is 0 Å². The number of benzene rings is 1. The number of amides is 2. The lowest BCUT2D eigenvalue weighted by atomic mass is 10.1. The average Bonchev–Trinajstić information content (AvgIpc) is 2.76. The van der Waals surface area contributed by atoms with Crippen LogP contribution in [0.3, 0.4) is 0 Å². The van der Waals surface area contributed by atoms with Gasteiger partial charge in [-0.3, -0.25) is 19.7 Å². The third kappa shape index (κ3) is 14.0. The van der Waals surface area contributed by atoms with Crippen LogP contribution in [0.1, 0.15) is 89.5 Å². The largest absolute Gasteiger partial charge is 0.347 e. The molecule has 0 unspecified atom stereocenters. The zero-order valence-corrected chi connectivity index (χ0v) is 18.6. The van der Waals surface area contributed by atoms with Crippen LogP contribution >= 0.6 is 0 Å². The van der Waals surface area contributed by atoms with Gasteiger partial charge in [0.25, 0.3) is 11.6 Å². The Morgan fingerprint density at radius 1 is 0.968 bits per heavy atom. The first-order chi connectivity index (χ1) is 15.0. The lowest BCUT2D eigenvalue weighted by molar-refractivity contribution is -0.384. The maximum atomic E-state index is 11.8. The number of nitrogens with zero attached hydrogens (tertiary/aromatic N) is 2. The molecule has 8 nitrogen and oxygen atoms in total. The Morgan fingerprint density at radius 2 is 1.58 bits per heavy atom. The number of unbranched alkanes of at least 4 members (excludes halogenated alkanes) is 10. The highest BCUT2D eigenvalue weighted by Gasteiger charge is 2.06. The fraction of sp³-hybridized carbons (Fsp3) is 0.609. The predicted octanol–water partition coefficient (Wildman–Crippen LogP) is 4.86. The minimum atomic E-state index is -0.499. The number of nitro benzene ring substituents is 1. The molecule has 0 aliphatic carbocycles. The highest BCUT2D eigenvalue weighted by atomic mass is 16.6. The number of hydrogen-bond acceptors (Lipinski definition) is 5. The van der Waals surface area contributed by atoms with Crippen molar-refractivity contribution in [2.45, 2.75) is 84.0 Å². The molecule has 0 aromatic heterocycles. The molecule has 31 heavy (non-hydrogen) atoms. The molecular weight excluding hydrogens is 396 g/mol. The van der Waals surface area contributed by atoms with Gasteiger partial charge in [-0.1, -0.05) is 83.3 Å². The molecule has 0 bridgehead atoms. The lowest BCUT2D eigenvalue weighted by Crippen LogP contribution is -2.34. The second kappa shape index (κ2) is 17.0. The minimum Gasteiger partial charge on any atom is -0.347 e. The van der Waals surface area contributed by atoms with Crippen LogP contribution in [0.4, 0.5) is 5.69 Å². The van der Waals surface area contributed by atoms with Gasteiger partial charge in [-0.15, -0.1) is 0 Å². The van der Waals surface area contributed by atoms with E-state index in [-0.39, 0.29) is 18.1 Å². The molecule has 0 heterocycles. The summed E-state index contributed by atoms with van der Waals surface area (Å²) in [5.41, 5.74) is 2.74. The van der Waals surface area contributed by atoms with Crippen molar-refractivity contribution >= 4 is 23.7 Å². The zero-order chi connectivity index (χ0) is 22.7. The van der Waals surface area contributed by atoms with Gasteiger partial charge in [-0.05, 0) is 6.42 Å². The second-order valence-electron chi connectivity index (χ2n) is 7.71. The lowest BCUT2D eigenvalue weighted by Gasteiger charge is -2.05. The van der Waals surface area contributed by atoms with Gasteiger partial charge in [0.2, 0.25) is 5.91 Å². The second-order valence-corrected chi connectivity index (χ2v) is 7.71. The van der Waals surface area contributed by atoms with Crippen molar-refractivity contribution in [1.82, 2.24) is 10.7 Å². The Balaban J connectivity index is 2.03. The van der Waals surface area contributed by atoms with E-state index in [1.165, 1.54) is 75.8 Å². The summed E-state index contributed by atoms with van der Waals surface area (Å²) in [7, 11) is 0. The van der Waals surface area contributed by atoms with E-state index < -0.39 is 10.8 Å². The smallest absolute Gasteiger partial charge is 0.270 e. The number of rotatable bonds is 17. The van der Waals surface area contributed by atoms with Gasteiger partial charge in [0.1, 0.15) is 0 Å². The van der Waals surface area contributed by atoms with Crippen molar-refractivity contribution < 1.29 is 14.5 Å². The molecule has 1 aromatic rings. The summed E-state index contributed by atoms with van der Waals surface area (Å²) in [6.45, 7) is 2.08. The van der Waals surface area contributed by atoms with E-state index >= 15 is 0 Å². The molecule has 2 amide bonds. The monoisotopic (exact) mass is 432 g/mol. The Labute approximate surface area is 185 Å². The number of nitrogens with one attached hydrogen (secondary N) is 2. The summed E-state index contributed by atoms with van der Waals surface area (Å²) >= 11 is 0. The number of hydrazone groups is 1. The molecule has 1 rings (SSSR count). The molecule has 0 aliphatic rings. The van der Waals surface area contributed by atoms with E-state index in [9.17, 15) is 19.7 Å². The Morgan fingerprint density at radius 3 is 2.19 bits per heavy atom. The predicted molar refractivity (Wildman–Crippen MR) is 123 cm³/mol. The van der Waals surface area contributed by atoms with Crippen molar-refractivity contribution in [3.8, 4) is 0 Å². The molecule has 0 saturated heterocycles. The van der Waals surface area contributed by atoms with Crippen LogP contribution in [0.2, 0.25) is 0 Å². The summed E-state index contributed by atoms with van der Waals surface area (Å²) in [5.74, 6) is -0.595. The number of non-ortho nitro benzene ring substituents is 1. The molecule has 0 saturated carbocycles. The Kier molecular flexibility index (Phi) is 14.4. The zero-order valence-electron chi connectivity index (χ0n) is 18.6. The van der Waals surface area contributed by atoms with E-state index in [1.54, 1.807) is 6.07 Å². The summed E-state index contributed by atoms with van der Waals surface area (Å²) in [5, 5.41) is 17.1. The average molecular weight is 433 g/mol. The Hall–Kier alpha value is -2.77. The van der Waals surface area contributed by atoms with Gasteiger partial charge in [0.05, 0.1) is 17.7 Å². The van der Waals surface area contributed by atoms with E-state index in [2.05, 4.69) is 22.8 Å². The Bertz CT molecular complexity index is 707. The molecule has 8 heteroatoms. The molecule has 1 aromatic carbocycles. The molecule has 172 valence electrons. The van der Waals surface area contributed by atoms with Gasteiger partial charge in [-0.2, -0.15) is 5.10 Å². The first kappa shape index (κ1) is 26.3. The molecule has 2 N–H and O–H groups in total. The minimum absolute atomic E-state index is 0.0510. The molecule has 0 spiro atoms. The third-order valence-corrected chi connectivity index (χ3v) is 4.94. The van der Waals surface area contributed by atoms with Crippen molar-refractivity contribution in [3.05, 3.63) is 39.9 Å². The third-order valence-electron chi connectivity index (χ3n) is 4.94. The van der Waals surface area contributed by atoms with Gasteiger partial charge in [0, 0.05) is 24.1 Å². The normalized spacial score (nSPS) is 10.9. The first-order valence-electron chi connectivity index (χ1n) is 11.4. The van der Waals surface area contributed by atoms with Crippen LogP contribution < -0.4 is 10.7 Å².